The first-order chi connectivity index (χ1) is 14.5. The molecular weight excluding hydrogens is 444 g/mol. The van der Waals surface area contributed by atoms with E-state index in [0.29, 0.717) is 39.4 Å². The molecule has 0 amide bonds. The van der Waals surface area contributed by atoms with E-state index in [1.54, 1.807) is 30.3 Å². The van der Waals surface area contributed by atoms with E-state index in [1.807, 2.05) is 38.1 Å². The molecule has 4 aromatic rings. The van der Waals surface area contributed by atoms with Crippen LogP contribution in [0.2, 0.25) is 0 Å². The van der Waals surface area contributed by atoms with Crippen molar-refractivity contribution in [3.8, 4) is 17.4 Å². The maximum absolute atomic E-state index is 13.1. The van der Waals surface area contributed by atoms with E-state index in [0.717, 1.165) is 4.47 Å². The molecule has 2 aromatic carbocycles. The van der Waals surface area contributed by atoms with Gasteiger partial charge in [-0.25, -0.2) is 4.98 Å². The number of hydrogen-bond acceptors (Lipinski definition) is 5. The van der Waals surface area contributed by atoms with Crippen LogP contribution >= 0.6 is 15.9 Å². The fourth-order valence-electron chi connectivity index (χ4n) is 3.13. The zero-order chi connectivity index (χ0) is 21.3. The summed E-state index contributed by atoms with van der Waals surface area (Å²) >= 11 is 3.40. The van der Waals surface area contributed by atoms with Crippen LogP contribution < -0.4 is 5.56 Å². The first-order valence-corrected chi connectivity index (χ1v) is 10.1. The molecule has 0 aliphatic carbocycles. The van der Waals surface area contributed by atoms with Gasteiger partial charge in [-0.05, 0) is 42.5 Å². The molecule has 0 fully saturated rings. The maximum Gasteiger partial charge on any atom is 0.282 e. The highest BCUT2D eigenvalue weighted by Crippen LogP contribution is 2.25. The lowest BCUT2D eigenvalue weighted by Gasteiger charge is -2.11. The third-order valence-electron chi connectivity index (χ3n) is 4.59. The fraction of sp³-hybridized carbons (Fsp3) is 0.130. The molecule has 0 unspecified atom stereocenters. The van der Waals surface area contributed by atoms with Crippen LogP contribution in [0.5, 0.6) is 0 Å². The minimum absolute atomic E-state index is 0.00226. The summed E-state index contributed by atoms with van der Waals surface area (Å²) in [7, 11) is 0. The normalized spacial score (nSPS) is 11.4. The molecule has 0 N–H and O–H groups in total. The highest BCUT2D eigenvalue weighted by Gasteiger charge is 2.14. The highest BCUT2D eigenvalue weighted by molar-refractivity contribution is 9.10. The predicted octanol–water partition coefficient (Wildman–Crippen LogP) is 5.30. The Bertz CT molecular complexity index is 1380. The van der Waals surface area contributed by atoms with Gasteiger partial charge in [0.25, 0.3) is 5.56 Å². The standard InChI is InChI=1S/C23H17BrN4O2/c1-14(2)22-27-20-9-7-16(24)11-19(20)23(29)28(22)26-13-17-8-10-21(30-17)18-6-4-3-5-15(18)12-25/h3-11,13-14H,1-2H3. The van der Waals surface area contributed by atoms with Crippen molar-refractivity contribution in [2.75, 3.05) is 0 Å². The molecular formula is C23H17BrN4O2. The van der Waals surface area contributed by atoms with Gasteiger partial charge in [0.05, 0.1) is 28.8 Å². The largest absolute Gasteiger partial charge is 0.455 e. The number of nitrogens with zero attached hydrogens (tertiary/aromatic N) is 4. The van der Waals surface area contributed by atoms with E-state index in [2.05, 4.69) is 32.1 Å². The quantitative estimate of drug-likeness (QED) is 0.387. The van der Waals surface area contributed by atoms with Gasteiger partial charge in [0.15, 0.2) is 0 Å². The molecule has 0 saturated carbocycles. The van der Waals surface area contributed by atoms with Crippen LogP contribution in [-0.4, -0.2) is 15.9 Å². The summed E-state index contributed by atoms with van der Waals surface area (Å²) in [6.45, 7) is 3.92. The van der Waals surface area contributed by atoms with Crippen LogP contribution in [0, 0.1) is 11.3 Å². The van der Waals surface area contributed by atoms with Gasteiger partial charge in [-0.15, -0.1) is 0 Å². The lowest BCUT2D eigenvalue weighted by molar-refractivity contribution is 0.572. The van der Waals surface area contributed by atoms with Crippen molar-refractivity contribution in [1.29, 1.82) is 5.26 Å². The van der Waals surface area contributed by atoms with E-state index in [1.165, 1.54) is 10.9 Å². The van der Waals surface area contributed by atoms with Crippen LogP contribution in [0.3, 0.4) is 0 Å². The Morgan fingerprint density at radius 1 is 1.20 bits per heavy atom. The van der Waals surface area contributed by atoms with Crippen LogP contribution in [0.15, 0.2) is 73.4 Å². The molecule has 0 atom stereocenters. The third kappa shape index (κ3) is 3.70. The van der Waals surface area contributed by atoms with Gasteiger partial charge in [0.2, 0.25) is 0 Å². The summed E-state index contributed by atoms with van der Waals surface area (Å²) in [5.41, 5.74) is 1.62. The van der Waals surface area contributed by atoms with Gasteiger partial charge in [0, 0.05) is 16.0 Å². The van der Waals surface area contributed by atoms with Crippen LogP contribution in [0.4, 0.5) is 0 Å². The number of rotatable bonds is 4. The Morgan fingerprint density at radius 2 is 2.00 bits per heavy atom. The van der Waals surface area contributed by atoms with Gasteiger partial charge >= 0.3 is 0 Å². The Labute approximate surface area is 181 Å². The third-order valence-corrected chi connectivity index (χ3v) is 5.08. The summed E-state index contributed by atoms with van der Waals surface area (Å²) in [5, 5.41) is 14.1. The van der Waals surface area contributed by atoms with Crippen molar-refractivity contribution < 1.29 is 4.42 Å². The van der Waals surface area contributed by atoms with E-state index >= 15 is 0 Å². The average Bonchev–Trinajstić information content (AvgIpc) is 3.22. The van der Waals surface area contributed by atoms with E-state index in [-0.39, 0.29) is 11.5 Å². The molecule has 2 aromatic heterocycles. The molecule has 30 heavy (non-hydrogen) atoms. The second-order valence-corrected chi connectivity index (χ2v) is 7.92. The van der Waals surface area contributed by atoms with Gasteiger partial charge in [-0.2, -0.15) is 15.0 Å². The number of halogens is 1. The van der Waals surface area contributed by atoms with Gasteiger partial charge in [0.1, 0.15) is 17.3 Å². The van der Waals surface area contributed by atoms with Crippen molar-refractivity contribution in [2.45, 2.75) is 19.8 Å². The summed E-state index contributed by atoms with van der Waals surface area (Å²) in [6, 6.07) is 18.3. The van der Waals surface area contributed by atoms with Crippen molar-refractivity contribution in [3.63, 3.8) is 0 Å². The van der Waals surface area contributed by atoms with E-state index in [4.69, 9.17) is 4.42 Å². The molecule has 6 nitrogen and oxygen atoms in total. The zero-order valence-electron chi connectivity index (χ0n) is 16.3. The predicted molar refractivity (Wildman–Crippen MR) is 120 cm³/mol. The molecule has 7 heteroatoms. The van der Waals surface area contributed by atoms with Gasteiger partial charge < -0.3 is 4.42 Å². The second kappa shape index (κ2) is 8.09. The van der Waals surface area contributed by atoms with Crippen molar-refractivity contribution in [3.05, 3.63) is 86.6 Å². The number of furan rings is 1. The molecule has 0 bridgehead atoms. The van der Waals surface area contributed by atoms with E-state index < -0.39 is 0 Å². The van der Waals surface area contributed by atoms with Crippen molar-refractivity contribution in [1.82, 2.24) is 9.66 Å². The Kier molecular flexibility index (Phi) is 5.34. The first-order valence-electron chi connectivity index (χ1n) is 9.34. The number of fused-ring (bicyclic) bond motifs is 1. The summed E-state index contributed by atoms with van der Waals surface area (Å²) in [4.78, 5) is 17.7. The minimum Gasteiger partial charge on any atom is -0.455 e. The SMILES string of the molecule is CC(C)c1nc2ccc(Br)cc2c(=O)n1N=Cc1ccc(-c2ccccc2C#N)o1. The molecule has 0 aliphatic heterocycles. The molecule has 0 radical (unpaired) electrons. The van der Waals surface area contributed by atoms with Crippen LogP contribution in [0.25, 0.3) is 22.2 Å². The lowest BCUT2D eigenvalue weighted by Crippen LogP contribution is -2.23. The van der Waals surface area contributed by atoms with Crippen molar-refractivity contribution in [2.24, 2.45) is 5.10 Å². The van der Waals surface area contributed by atoms with Gasteiger partial charge in [-0.3, -0.25) is 4.79 Å². The molecule has 4 rings (SSSR count). The molecule has 2 heterocycles. The average molecular weight is 461 g/mol. The number of hydrogen-bond donors (Lipinski definition) is 0. The highest BCUT2D eigenvalue weighted by atomic mass is 79.9. The number of nitriles is 1. The molecule has 0 saturated heterocycles. The Balaban J connectivity index is 1.77. The summed E-state index contributed by atoms with van der Waals surface area (Å²) < 4.78 is 7.95. The maximum atomic E-state index is 13.1. The Morgan fingerprint density at radius 3 is 2.77 bits per heavy atom. The minimum atomic E-state index is -0.247. The van der Waals surface area contributed by atoms with Crippen LogP contribution in [0.1, 0.15) is 36.9 Å². The van der Waals surface area contributed by atoms with E-state index in [9.17, 15) is 10.1 Å². The van der Waals surface area contributed by atoms with Crippen molar-refractivity contribution >= 4 is 33.0 Å². The lowest BCUT2D eigenvalue weighted by atomic mass is 10.1. The number of benzene rings is 2. The zero-order valence-corrected chi connectivity index (χ0v) is 17.9. The topological polar surface area (TPSA) is 84.2 Å². The fourth-order valence-corrected chi connectivity index (χ4v) is 3.49. The molecule has 0 aliphatic rings. The molecule has 148 valence electrons. The molecule has 0 spiro atoms. The smallest absolute Gasteiger partial charge is 0.282 e. The number of aromatic nitrogens is 2. The second-order valence-electron chi connectivity index (χ2n) is 7.01. The summed E-state index contributed by atoms with van der Waals surface area (Å²) in [5.74, 6) is 1.59. The first kappa shape index (κ1) is 19.8. The van der Waals surface area contributed by atoms with Gasteiger partial charge in [-0.1, -0.05) is 41.9 Å². The Hall–Kier alpha value is -3.50. The summed E-state index contributed by atoms with van der Waals surface area (Å²) in [6.07, 6.45) is 1.48. The monoisotopic (exact) mass is 460 g/mol. The van der Waals surface area contributed by atoms with Crippen LogP contribution in [-0.2, 0) is 0 Å².